The molecular formula is C23H21FN2O5. The van der Waals surface area contributed by atoms with Crippen molar-refractivity contribution in [3.63, 3.8) is 0 Å². The molecule has 1 saturated heterocycles. The second-order valence-corrected chi connectivity index (χ2v) is 6.54. The van der Waals surface area contributed by atoms with Crippen molar-refractivity contribution in [3.8, 4) is 11.5 Å². The summed E-state index contributed by atoms with van der Waals surface area (Å²) in [5, 5.41) is 2.13. The minimum atomic E-state index is -0.793. The molecule has 1 aliphatic rings. The summed E-state index contributed by atoms with van der Waals surface area (Å²) >= 11 is 0. The van der Waals surface area contributed by atoms with E-state index in [2.05, 4.69) is 11.9 Å². The number of urea groups is 1. The van der Waals surface area contributed by atoms with Crippen molar-refractivity contribution >= 4 is 23.9 Å². The zero-order chi connectivity index (χ0) is 22.4. The molecule has 0 aliphatic carbocycles. The number of barbiturate groups is 1. The van der Waals surface area contributed by atoms with Gasteiger partial charge < -0.3 is 9.47 Å². The number of nitrogens with one attached hydrogen (secondary N) is 1. The monoisotopic (exact) mass is 424 g/mol. The fraction of sp³-hybridized carbons (Fsp3) is 0.174. The molecule has 2 aromatic carbocycles. The number of halogens is 1. The molecule has 8 heteroatoms. The molecule has 1 N–H and O–H groups in total. The third kappa shape index (κ3) is 4.98. The summed E-state index contributed by atoms with van der Waals surface area (Å²) in [6, 6.07) is 10.3. The number of nitrogens with zero attached hydrogens (tertiary/aromatic N) is 1. The van der Waals surface area contributed by atoms with Crippen LogP contribution in [-0.4, -0.2) is 35.9 Å². The molecule has 31 heavy (non-hydrogen) atoms. The minimum Gasteiger partial charge on any atom is -0.490 e. The number of hydrogen-bond acceptors (Lipinski definition) is 5. The Morgan fingerprint density at radius 1 is 1.10 bits per heavy atom. The number of ether oxygens (including phenoxy) is 2. The highest BCUT2D eigenvalue weighted by Crippen LogP contribution is 2.30. The predicted octanol–water partition coefficient (Wildman–Crippen LogP) is 3.45. The average molecular weight is 424 g/mol. The smallest absolute Gasteiger partial charge is 0.331 e. The first-order valence-corrected chi connectivity index (χ1v) is 9.57. The van der Waals surface area contributed by atoms with Crippen molar-refractivity contribution in [2.24, 2.45) is 0 Å². The first-order valence-electron chi connectivity index (χ1n) is 9.57. The van der Waals surface area contributed by atoms with Gasteiger partial charge in [0, 0.05) is 12.1 Å². The van der Waals surface area contributed by atoms with Crippen LogP contribution >= 0.6 is 0 Å². The van der Waals surface area contributed by atoms with E-state index in [0.717, 1.165) is 4.90 Å². The first-order chi connectivity index (χ1) is 14.9. The van der Waals surface area contributed by atoms with E-state index in [9.17, 15) is 18.8 Å². The quantitative estimate of drug-likeness (QED) is 0.399. The van der Waals surface area contributed by atoms with Gasteiger partial charge in [-0.15, -0.1) is 6.58 Å². The van der Waals surface area contributed by atoms with Gasteiger partial charge in [-0.2, -0.15) is 0 Å². The first kappa shape index (κ1) is 21.8. The van der Waals surface area contributed by atoms with Gasteiger partial charge in [0.2, 0.25) is 0 Å². The Labute approximate surface area is 178 Å². The zero-order valence-electron chi connectivity index (χ0n) is 16.9. The summed E-state index contributed by atoms with van der Waals surface area (Å²) in [6.45, 7) is 5.63. The summed E-state index contributed by atoms with van der Waals surface area (Å²) in [5.74, 6) is -1.12. The van der Waals surface area contributed by atoms with Crippen LogP contribution in [0.4, 0.5) is 9.18 Å². The molecule has 1 fully saturated rings. The number of rotatable bonds is 8. The second-order valence-electron chi connectivity index (χ2n) is 6.54. The maximum atomic E-state index is 13.8. The van der Waals surface area contributed by atoms with E-state index in [4.69, 9.17) is 9.47 Å². The highest BCUT2D eigenvalue weighted by atomic mass is 19.1. The molecule has 0 unspecified atom stereocenters. The van der Waals surface area contributed by atoms with Gasteiger partial charge >= 0.3 is 6.03 Å². The van der Waals surface area contributed by atoms with Crippen molar-refractivity contribution in [1.29, 1.82) is 0 Å². The van der Waals surface area contributed by atoms with Gasteiger partial charge in [-0.05, 0) is 36.8 Å². The van der Waals surface area contributed by atoms with E-state index in [1.807, 2.05) is 0 Å². The number of amides is 4. The van der Waals surface area contributed by atoms with Gasteiger partial charge in [-0.25, -0.2) is 9.18 Å². The van der Waals surface area contributed by atoms with E-state index < -0.39 is 17.8 Å². The van der Waals surface area contributed by atoms with Gasteiger partial charge in [0.25, 0.3) is 11.8 Å². The number of benzene rings is 2. The summed E-state index contributed by atoms with van der Waals surface area (Å²) in [7, 11) is 0. The van der Waals surface area contributed by atoms with Gasteiger partial charge in [0.05, 0.1) is 6.61 Å². The van der Waals surface area contributed by atoms with Crippen molar-refractivity contribution < 1.29 is 28.2 Å². The summed E-state index contributed by atoms with van der Waals surface area (Å²) in [5.41, 5.74) is 0.699. The number of carbonyl (C=O) groups is 3. The molecule has 2 aromatic rings. The van der Waals surface area contributed by atoms with Gasteiger partial charge in [-0.3, -0.25) is 19.8 Å². The largest absolute Gasteiger partial charge is 0.490 e. The SMILES string of the molecule is C=CCN1C(=O)NC(=O)/C(=C\c2ccc(OCc3ccccc3F)c(OCC)c2)C1=O. The van der Waals surface area contributed by atoms with Gasteiger partial charge in [-0.1, -0.05) is 30.3 Å². The Morgan fingerprint density at radius 2 is 1.87 bits per heavy atom. The Balaban J connectivity index is 1.86. The van der Waals surface area contributed by atoms with E-state index in [0.29, 0.717) is 29.2 Å². The molecule has 0 radical (unpaired) electrons. The van der Waals surface area contributed by atoms with E-state index >= 15 is 0 Å². The molecule has 1 heterocycles. The van der Waals surface area contributed by atoms with Crippen molar-refractivity contribution in [3.05, 3.63) is 77.6 Å². The van der Waals surface area contributed by atoms with E-state index in [1.54, 1.807) is 43.3 Å². The molecule has 0 saturated carbocycles. The van der Waals surface area contributed by atoms with Crippen LogP contribution in [0.3, 0.4) is 0 Å². The molecule has 0 bridgehead atoms. The van der Waals surface area contributed by atoms with Crippen LogP contribution in [0, 0.1) is 5.82 Å². The van der Waals surface area contributed by atoms with Crippen LogP contribution in [0.1, 0.15) is 18.1 Å². The summed E-state index contributed by atoms with van der Waals surface area (Å²) in [4.78, 5) is 37.4. The Morgan fingerprint density at radius 3 is 2.58 bits per heavy atom. The van der Waals surface area contributed by atoms with Gasteiger partial charge in [0.1, 0.15) is 18.0 Å². The zero-order valence-corrected chi connectivity index (χ0v) is 16.9. The molecule has 4 amide bonds. The number of imide groups is 2. The molecule has 160 valence electrons. The third-order valence-corrected chi connectivity index (χ3v) is 4.42. The van der Waals surface area contributed by atoms with Crippen LogP contribution in [0.2, 0.25) is 0 Å². The topological polar surface area (TPSA) is 84.9 Å². The van der Waals surface area contributed by atoms with Crippen LogP contribution in [-0.2, 0) is 16.2 Å². The number of carbonyl (C=O) groups excluding carboxylic acids is 3. The standard InChI is InChI=1S/C23H21FN2O5/c1-3-11-26-22(28)17(21(27)25-23(26)29)12-15-9-10-19(20(13-15)30-4-2)31-14-16-7-5-6-8-18(16)24/h3,5-10,12-13H,1,4,11,14H2,2H3,(H,25,27,29)/b17-12+. The Hall–Kier alpha value is -3.94. The van der Waals surface area contributed by atoms with Gasteiger partial charge in [0.15, 0.2) is 11.5 Å². The van der Waals surface area contributed by atoms with Crippen molar-refractivity contribution in [1.82, 2.24) is 10.2 Å². The Kier molecular flexibility index (Phi) is 6.81. The third-order valence-electron chi connectivity index (χ3n) is 4.42. The lowest BCUT2D eigenvalue weighted by molar-refractivity contribution is -0.129. The van der Waals surface area contributed by atoms with Crippen LogP contribution in [0.15, 0.2) is 60.7 Å². The summed E-state index contributed by atoms with van der Waals surface area (Å²) in [6.07, 6.45) is 2.75. The second kappa shape index (κ2) is 9.71. The maximum absolute atomic E-state index is 13.8. The van der Waals surface area contributed by atoms with Crippen LogP contribution < -0.4 is 14.8 Å². The molecule has 0 spiro atoms. The molecule has 1 aliphatic heterocycles. The van der Waals surface area contributed by atoms with Crippen LogP contribution in [0.5, 0.6) is 11.5 Å². The minimum absolute atomic E-state index is 0.00665. The van der Waals surface area contributed by atoms with Crippen LogP contribution in [0.25, 0.3) is 6.08 Å². The summed E-state index contributed by atoms with van der Waals surface area (Å²) < 4.78 is 25.1. The lowest BCUT2D eigenvalue weighted by atomic mass is 10.1. The average Bonchev–Trinajstić information content (AvgIpc) is 2.75. The molecule has 0 aromatic heterocycles. The molecule has 7 nitrogen and oxygen atoms in total. The fourth-order valence-electron chi connectivity index (χ4n) is 2.93. The van der Waals surface area contributed by atoms with Crippen molar-refractivity contribution in [2.75, 3.05) is 13.2 Å². The fourth-order valence-corrected chi connectivity index (χ4v) is 2.93. The van der Waals surface area contributed by atoms with E-state index in [1.165, 1.54) is 18.2 Å². The highest BCUT2D eigenvalue weighted by molar-refractivity contribution is 6.31. The van der Waals surface area contributed by atoms with E-state index in [-0.39, 0.29) is 24.5 Å². The normalized spacial score (nSPS) is 15.1. The lowest BCUT2D eigenvalue weighted by Gasteiger charge is -2.25. The number of hydrogen-bond donors (Lipinski definition) is 1. The predicted molar refractivity (Wildman–Crippen MR) is 112 cm³/mol. The highest BCUT2D eigenvalue weighted by Gasteiger charge is 2.34. The lowest BCUT2D eigenvalue weighted by Crippen LogP contribution is -2.54. The Bertz CT molecular complexity index is 1060. The molecule has 3 rings (SSSR count). The molecular weight excluding hydrogens is 403 g/mol. The van der Waals surface area contributed by atoms with Crippen molar-refractivity contribution in [2.45, 2.75) is 13.5 Å². The maximum Gasteiger partial charge on any atom is 0.331 e. The molecule has 0 atom stereocenters.